The number of benzene rings is 2. The van der Waals surface area contributed by atoms with Crippen molar-refractivity contribution in [2.75, 3.05) is 20.2 Å². The highest BCUT2D eigenvalue weighted by Gasteiger charge is 2.25. The van der Waals surface area contributed by atoms with Crippen LogP contribution in [-0.4, -0.2) is 43.0 Å². The smallest absolute Gasteiger partial charge is 0.287 e. The van der Waals surface area contributed by atoms with Crippen LogP contribution >= 0.6 is 0 Å². The lowest BCUT2D eigenvalue weighted by Crippen LogP contribution is -2.49. The lowest BCUT2D eigenvalue weighted by Gasteiger charge is -2.24. The number of carbonyl (C=O) groups excluding carboxylic acids is 2. The van der Waals surface area contributed by atoms with Crippen LogP contribution < -0.4 is 10.1 Å². The zero-order chi connectivity index (χ0) is 20.5. The van der Waals surface area contributed by atoms with Gasteiger partial charge < -0.3 is 19.4 Å². The Morgan fingerprint density at radius 3 is 2.34 bits per heavy atom. The molecule has 3 rings (SSSR count). The molecule has 0 aliphatic heterocycles. The van der Waals surface area contributed by atoms with E-state index in [2.05, 4.69) is 5.32 Å². The van der Waals surface area contributed by atoms with Gasteiger partial charge in [0.2, 0.25) is 5.91 Å². The molecule has 1 heterocycles. The van der Waals surface area contributed by atoms with E-state index >= 15 is 0 Å². The molecule has 0 radical (unpaired) electrons. The van der Waals surface area contributed by atoms with Gasteiger partial charge in [-0.3, -0.25) is 9.59 Å². The summed E-state index contributed by atoms with van der Waals surface area (Å²) < 4.78 is 10.8. The van der Waals surface area contributed by atoms with Crippen molar-refractivity contribution in [2.45, 2.75) is 12.5 Å². The Hall–Kier alpha value is -3.54. The zero-order valence-electron chi connectivity index (χ0n) is 16.3. The minimum absolute atomic E-state index is 0.172. The summed E-state index contributed by atoms with van der Waals surface area (Å²) in [5.41, 5.74) is 0.958. The van der Waals surface area contributed by atoms with Gasteiger partial charge in [0.1, 0.15) is 18.4 Å². The number of hydrogen-bond acceptors (Lipinski definition) is 4. The van der Waals surface area contributed by atoms with Crippen molar-refractivity contribution < 1.29 is 18.7 Å². The molecule has 0 aliphatic carbocycles. The van der Waals surface area contributed by atoms with Gasteiger partial charge in [-0.05, 0) is 29.8 Å². The Morgan fingerprint density at radius 1 is 1.00 bits per heavy atom. The van der Waals surface area contributed by atoms with E-state index in [0.717, 1.165) is 11.3 Å². The summed E-state index contributed by atoms with van der Waals surface area (Å²) in [7, 11) is 1.70. The van der Waals surface area contributed by atoms with Crippen LogP contribution in [-0.2, 0) is 11.2 Å². The van der Waals surface area contributed by atoms with Crippen LogP contribution in [0.2, 0.25) is 0 Å². The molecule has 1 unspecified atom stereocenters. The standard InChI is InChI=1S/C23H24N2O4/c1-25(14-16-28-19-11-6-3-7-12-19)23(27)20(17-18-9-4-2-5-10-18)24-22(26)21-13-8-15-29-21/h2-13,15,20H,14,16-17H2,1H3,(H,24,26). The largest absolute Gasteiger partial charge is 0.492 e. The first-order valence-corrected chi connectivity index (χ1v) is 9.44. The number of ether oxygens (including phenoxy) is 1. The number of carbonyl (C=O) groups is 2. The molecule has 150 valence electrons. The van der Waals surface area contributed by atoms with Gasteiger partial charge in [-0.1, -0.05) is 48.5 Å². The van der Waals surface area contributed by atoms with Gasteiger partial charge in [0, 0.05) is 13.5 Å². The molecule has 2 amide bonds. The van der Waals surface area contributed by atoms with Crippen LogP contribution in [0.15, 0.2) is 83.5 Å². The van der Waals surface area contributed by atoms with Crippen LogP contribution in [0, 0.1) is 0 Å². The minimum Gasteiger partial charge on any atom is -0.492 e. The zero-order valence-corrected chi connectivity index (χ0v) is 16.3. The van der Waals surface area contributed by atoms with Gasteiger partial charge in [0.15, 0.2) is 5.76 Å². The van der Waals surface area contributed by atoms with E-state index in [1.54, 1.807) is 24.1 Å². The van der Waals surface area contributed by atoms with Crippen molar-refractivity contribution in [1.82, 2.24) is 10.2 Å². The van der Waals surface area contributed by atoms with E-state index in [1.165, 1.54) is 6.26 Å². The molecule has 1 aromatic heterocycles. The number of amides is 2. The molecule has 0 spiro atoms. The monoisotopic (exact) mass is 392 g/mol. The molecule has 6 heteroatoms. The fraction of sp³-hybridized carbons (Fsp3) is 0.217. The summed E-state index contributed by atoms with van der Waals surface area (Å²) in [5.74, 6) is 0.315. The average molecular weight is 392 g/mol. The SMILES string of the molecule is CN(CCOc1ccccc1)C(=O)C(Cc1ccccc1)NC(=O)c1ccco1. The van der Waals surface area contributed by atoms with Crippen LogP contribution in [0.25, 0.3) is 0 Å². The minimum atomic E-state index is -0.711. The quantitative estimate of drug-likeness (QED) is 0.607. The Morgan fingerprint density at radius 2 is 1.69 bits per heavy atom. The summed E-state index contributed by atoms with van der Waals surface area (Å²) in [6.45, 7) is 0.756. The van der Waals surface area contributed by atoms with Gasteiger partial charge in [0.25, 0.3) is 5.91 Å². The van der Waals surface area contributed by atoms with Gasteiger partial charge in [-0.2, -0.15) is 0 Å². The molecule has 29 heavy (non-hydrogen) atoms. The molecule has 3 aromatic rings. The molecule has 0 bridgehead atoms. The van der Waals surface area contributed by atoms with E-state index in [0.29, 0.717) is 19.6 Å². The number of hydrogen-bond donors (Lipinski definition) is 1. The third-order valence-corrected chi connectivity index (χ3v) is 4.45. The van der Waals surface area contributed by atoms with Gasteiger partial charge in [-0.15, -0.1) is 0 Å². The summed E-state index contributed by atoms with van der Waals surface area (Å²) >= 11 is 0. The van der Waals surface area contributed by atoms with E-state index < -0.39 is 11.9 Å². The van der Waals surface area contributed by atoms with E-state index in [4.69, 9.17) is 9.15 Å². The highest BCUT2D eigenvalue weighted by molar-refractivity contribution is 5.95. The molecule has 0 saturated heterocycles. The fourth-order valence-electron chi connectivity index (χ4n) is 2.88. The first-order valence-electron chi connectivity index (χ1n) is 9.44. The summed E-state index contributed by atoms with van der Waals surface area (Å²) in [5, 5.41) is 2.79. The first-order chi connectivity index (χ1) is 14.1. The Labute approximate surface area is 170 Å². The number of rotatable bonds is 9. The van der Waals surface area contributed by atoms with Crippen LogP contribution in [0.4, 0.5) is 0 Å². The van der Waals surface area contributed by atoms with Crippen molar-refractivity contribution in [3.8, 4) is 5.75 Å². The third kappa shape index (κ3) is 5.97. The second-order valence-corrected chi connectivity index (χ2v) is 6.61. The van der Waals surface area contributed by atoms with Crippen LogP contribution in [0.3, 0.4) is 0 Å². The number of furan rings is 1. The summed E-state index contributed by atoms with van der Waals surface area (Å²) in [6, 6.07) is 21.5. The van der Waals surface area contributed by atoms with Crippen LogP contribution in [0.1, 0.15) is 16.1 Å². The molecular weight excluding hydrogens is 368 g/mol. The second kappa shape index (κ2) is 10.1. The number of nitrogens with one attached hydrogen (secondary N) is 1. The highest BCUT2D eigenvalue weighted by atomic mass is 16.5. The molecule has 6 nitrogen and oxygen atoms in total. The lowest BCUT2D eigenvalue weighted by molar-refractivity contribution is -0.132. The van der Waals surface area contributed by atoms with Crippen molar-refractivity contribution in [3.63, 3.8) is 0 Å². The van der Waals surface area contributed by atoms with E-state index in [9.17, 15) is 9.59 Å². The maximum Gasteiger partial charge on any atom is 0.287 e. The predicted octanol–water partition coefficient (Wildman–Crippen LogP) is 3.16. The average Bonchev–Trinajstić information content (AvgIpc) is 3.29. The molecule has 2 aromatic carbocycles. The molecular formula is C23H24N2O4. The van der Waals surface area contributed by atoms with Crippen molar-refractivity contribution in [1.29, 1.82) is 0 Å². The van der Waals surface area contributed by atoms with Crippen LogP contribution in [0.5, 0.6) is 5.75 Å². The molecule has 0 saturated carbocycles. The summed E-state index contributed by atoms with van der Waals surface area (Å²) in [4.78, 5) is 27.0. The normalized spacial score (nSPS) is 11.5. The summed E-state index contributed by atoms with van der Waals surface area (Å²) in [6.07, 6.45) is 1.81. The lowest BCUT2D eigenvalue weighted by atomic mass is 10.0. The number of para-hydroxylation sites is 1. The number of nitrogens with zero attached hydrogens (tertiary/aromatic N) is 1. The second-order valence-electron chi connectivity index (χ2n) is 6.61. The van der Waals surface area contributed by atoms with Crippen molar-refractivity contribution >= 4 is 11.8 Å². The third-order valence-electron chi connectivity index (χ3n) is 4.45. The van der Waals surface area contributed by atoms with Crippen molar-refractivity contribution in [3.05, 3.63) is 90.4 Å². The van der Waals surface area contributed by atoms with E-state index in [-0.39, 0.29) is 11.7 Å². The molecule has 1 N–H and O–H groups in total. The molecule has 1 atom stereocenters. The fourth-order valence-corrected chi connectivity index (χ4v) is 2.88. The molecule has 0 aliphatic rings. The first kappa shape index (κ1) is 20.2. The maximum absolute atomic E-state index is 13.0. The molecule has 0 fully saturated rings. The van der Waals surface area contributed by atoms with Gasteiger partial charge >= 0.3 is 0 Å². The van der Waals surface area contributed by atoms with E-state index in [1.807, 2.05) is 60.7 Å². The van der Waals surface area contributed by atoms with Crippen molar-refractivity contribution in [2.24, 2.45) is 0 Å². The predicted molar refractivity (Wildman–Crippen MR) is 110 cm³/mol. The number of likely N-dealkylation sites (N-methyl/N-ethyl adjacent to an activating group) is 1. The Balaban J connectivity index is 1.63. The Bertz CT molecular complexity index is 895. The van der Waals surface area contributed by atoms with Gasteiger partial charge in [0.05, 0.1) is 12.8 Å². The van der Waals surface area contributed by atoms with Gasteiger partial charge in [-0.25, -0.2) is 0 Å². The maximum atomic E-state index is 13.0. The Kier molecular flexibility index (Phi) is 7.05. The topological polar surface area (TPSA) is 71.8 Å². The highest BCUT2D eigenvalue weighted by Crippen LogP contribution is 2.10.